The maximum absolute atomic E-state index is 12.7. The fourth-order valence-corrected chi connectivity index (χ4v) is 3.71. The van der Waals surface area contributed by atoms with E-state index in [9.17, 15) is 14.4 Å². The molecule has 4 aromatic rings. The van der Waals surface area contributed by atoms with Crippen molar-refractivity contribution in [3.63, 3.8) is 0 Å². The van der Waals surface area contributed by atoms with E-state index in [-0.39, 0.29) is 5.75 Å². The van der Waals surface area contributed by atoms with Crippen molar-refractivity contribution in [2.45, 2.75) is 0 Å². The summed E-state index contributed by atoms with van der Waals surface area (Å²) in [5.74, 6) is -1.07. The highest BCUT2D eigenvalue weighted by atomic mass is 16.5. The van der Waals surface area contributed by atoms with Gasteiger partial charge in [0.15, 0.2) is 0 Å². The fraction of sp³-hybridized carbons (Fsp3) is 0. The number of fused-ring (bicyclic) bond motifs is 1. The summed E-state index contributed by atoms with van der Waals surface area (Å²) in [6.07, 6.45) is 0. The summed E-state index contributed by atoms with van der Waals surface area (Å²) in [5.41, 5.74) is 3.52. The van der Waals surface area contributed by atoms with Crippen LogP contribution in [0, 0.1) is 0 Å². The summed E-state index contributed by atoms with van der Waals surface area (Å²) in [7, 11) is 0. The number of hydrogen-bond donors (Lipinski definition) is 0. The van der Waals surface area contributed by atoms with Crippen molar-refractivity contribution in [3.8, 4) is 16.9 Å². The van der Waals surface area contributed by atoms with Crippen molar-refractivity contribution in [3.05, 3.63) is 120 Å². The van der Waals surface area contributed by atoms with Gasteiger partial charge >= 0.3 is 5.97 Å². The second-order valence-corrected chi connectivity index (χ2v) is 7.32. The van der Waals surface area contributed by atoms with Gasteiger partial charge in [-0.25, -0.2) is 9.69 Å². The summed E-state index contributed by atoms with van der Waals surface area (Å²) in [6.45, 7) is 0. The first-order valence-electron chi connectivity index (χ1n) is 10.1. The molecule has 0 unspecified atom stereocenters. The maximum Gasteiger partial charge on any atom is 0.343 e. The number of benzene rings is 4. The van der Waals surface area contributed by atoms with Crippen LogP contribution in [0.2, 0.25) is 0 Å². The number of nitrogens with zero attached hydrogens (tertiary/aromatic N) is 1. The molecule has 1 aliphatic rings. The maximum atomic E-state index is 12.7. The second kappa shape index (κ2) is 7.96. The molecule has 1 heterocycles. The van der Waals surface area contributed by atoms with Crippen molar-refractivity contribution in [2.24, 2.45) is 0 Å². The van der Waals surface area contributed by atoms with E-state index in [2.05, 4.69) is 0 Å². The van der Waals surface area contributed by atoms with Gasteiger partial charge in [0.1, 0.15) is 5.75 Å². The Morgan fingerprint density at radius 2 is 1.22 bits per heavy atom. The van der Waals surface area contributed by atoms with Crippen LogP contribution in [0.3, 0.4) is 0 Å². The van der Waals surface area contributed by atoms with E-state index >= 15 is 0 Å². The van der Waals surface area contributed by atoms with Gasteiger partial charge in [0.2, 0.25) is 0 Å². The Balaban J connectivity index is 1.35. The third kappa shape index (κ3) is 3.46. The van der Waals surface area contributed by atoms with Crippen molar-refractivity contribution >= 4 is 23.5 Å². The molecule has 0 saturated heterocycles. The Labute approximate surface area is 184 Å². The highest BCUT2D eigenvalue weighted by molar-refractivity contribution is 6.34. The Hall–Kier alpha value is -4.51. The van der Waals surface area contributed by atoms with E-state index in [1.54, 1.807) is 54.6 Å². The molecule has 32 heavy (non-hydrogen) atoms. The molecule has 2 amide bonds. The van der Waals surface area contributed by atoms with Gasteiger partial charge in [-0.3, -0.25) is 9.59 Å². The number of amides is 2. The molecule has 0 fully saturated rings. The second-order valence-electron chi connectivity index (χ2n) is 7.32. The van der Waals surface area contributed by atoms with Gasteiger partial charge in [0, 0.05) is 6.07 Å². The Bertz CT molecular complexity index is 1310. The minimum Gasteiger partial charge on any atom is -0.423 e. The van der Waals surface area contributed by atoms with Gasteiger partial charge in [0.25, 0.3) is 11.8 Å². The lowest BCUT2D eigenvalue weighted by Gasteiger charge is -2.15. The van der Waals surface area contributed by atoms with E-state index in [1.807, 2.05) is 42.5 Å². The largest absolute Gasteiger partial charge is 0.423 e. The minimum absolute atomic E-state index is 0.246. The number of hydrogen-bond acceptors (Lipinski definition) is 4. The molecular weight excluding hydrogens is 402 g/mol. The summed E-state index contributed by atoms with van der Waals surface area (Å²) >= 11 is 0. The van der Waals surface area contributed by atoms with Crippen LogP contribution in [0.25, 0.3) is 11.1 Å². The van der Waals surface area contributed by atoms with E-state index in [0.717, 1.165) is 16.0 Å². The predicted octanol–water partition coefficient (Wildman–Crippen LogP) is 5.37. The number of esters is 1. The SMILES string of the molecule is O=C(Oc1cccc(N2C(=O)c3ccccc3C2=O)c1)c1ccc(-c2ccccc2)cc1. The molecule has 1 aliphatic heterocycles. The summed E-state index contributed by atoms with van der Waals surface area (Å²) in [6, 6.07) is 30.1. The molecule has 0 radical (unpaired) electrons. The molecular formula is C27H17NO4. The number of carbonyl (C=O) groups is 3. The predicted molar refractivity (Wildman–Crippen MR) is 121 cm³/mol. The van der Waals surface area contributed by atoms with Gasteiger partial charge in [-0.05, 0) is 47.5 Å². The molecule has 0 N–H and O–H groups in total. The van der Waals surface area contributed by atoms with Crippen LogP contribution >= 0.6 is 0 Å². The zero-order chi connectivity index (χ0) is 22.1. The Kier molecular flexibility index (Phi) is 4.84. The Morgan fingerprint density at radius 3 is 1.88 bits per heavy atom. The summed E-state index contributed by atoms with van der Waals surface area (Å²) in [5, 5.41) is 0. The molecule has 0 aromatic heterocycles. The minimum atomic E-state index is -0.524. The zero-order valence-electron chi connectivity index (χ0n) is 16.9. The quantitative estimate of drug-likeness (QED) is 0.253. The number of rotatable bonds is 4. The van der Waals surface area contributed by atoms with E-state index in [4.69, 9.17) is 4.74 Å². The first-order valence-corrected chi connectivity index (χ1v) is 10.1. The lowest BCUT2D eigenvalue weighted by molar-refractivity contribution is 0.0734. The summed E-state index contributed by atoms with van der Waals surface area (Å²) in [4.78, 5) is 39.1. The number of anilines is 1. The zero-order valence-corrected chi connectivity index (χ0v) is 16.9. The molecule has 0 saturated carbocycles. The normalized spacial score (nSPS) is 12.6. The highest BCUT2D eigenvalue weighted by Crippen LogP contribution is 2.30. The average molecular weight is 419 g/mol. The third-order valence-electron chi connectivity index (χ3n) is 5.31. The monoisotopic (exact) mass is 419 g/mol. The van der Waals surface area contributed by atoms with Gasteiger partial charge < -0.3 is 4.74 Å². The first-order chi connectivity index (χ1) is 15.6. The van der Waals surface area contributed by atoms with Crippen LogP contribution in [-0.2, 0) is 0 Å². The average Bonchev–Trinajstić information content (AvgIpc) is 3.10. The molecule has 0 bridgehead atoms. The van der Waals surface area contributed by atoms with E-state index in [1.165, 1.54) is 6.07 Å². The third-order valence-corrected chi connectivity index (χ3v) is 5.31. The van der Waals surface area contributed by atoms with Crippen LogP contribution in [0.5, 0.6) is 5.75 Å². The number of carbonyl (C=O) groups excluding carboxylic acids is 3. The molecule has 5 rings (SSSR count). The molecule has 5 nitrogen and oxygen atoms in total. The van der Waals surface area contributed by atoms with Crippen molar-refractivity contribution < 1.29 is 19.1 Å². The molecule has 4 aromatic carbocycles. The number of imide groups is 1. The van der Waals surface area contributed by atoms with E-state index in [0.29, 0.717) is 22.4 Å². The lowest BCUT2D eigenvalue weighted by Crippen LogP contribution is -2.29. The highest BCUT2D eigenvalue weighted by Gasteiger charge is 2.36. The van der Waals surface area contributed by atoms with Crippen molar-refractivity contribution in [1.29, 1.82) is 0 Å². The smallest absolute Gasteiger partial charge is 0.343 e. The van der Waals surface area contributed by atoms with Crippen LogP contribution in [0.15, 0.2) is 103 Å². The molecule has 5 heteroatoms. The van der Waals surface area contributed by atoms with Gasteiger partial charge in [-0.1, -0.05) is 60.7 Å². The van der Waals surface area contributed by atoms with Crippen molar-refractivity contribution in [1.82, 2.24) is 0 Å². The lowest BCUT2D eigenvalue weighted by atomic mass is 10.0. The van der Waals surface area contributed by atoms with Gasteiger partial charge in [0.05, 0.1) is 22.4 Å². The topological polar surface area (TPSA) is 63.7 Å². The summed E-state index contributed by atoms with van der Waals surface area (Å²) < 4.78 is 5.51. The van der Waals surface area contributed by atoms with Crippen LogP contribution < -0.4 is 9.64 Å². The van der Waals surface area contributed by atoms with Crippen molar-refractivity contribution in [2.75, 3.05) is 4.90 Å². The van der Waals surface area contributed by atoms with Gasteiger partial charge in [-0.15, -0.1) is 0 Å². The van der Waals surface area contributed by atoms with Crippen LogP contribution in [0.1, 0.15) is 31.1 Å². The fourth-order valence-electron chi connectivity index (χ4n) is 3.71. The first kappa shape index (κ1) is 19.5. The molecule has 0 atom stereocenters. The van der Waals surface area contributed by atoms with E-state index < -0.39 is 17.8 Å². The number of ether oxygens (including phenoxy) is 1. The Morgan fingerprint density at radius 1 is 0.625 bits per heavy atom. The molecule has 0 aliphatic carbocycles. The van der Waals surface area contributed by atoms with Gasteiger partial charge in [-0.2, -0.15) is 0 Å². The molecule has 0 spiro atoms. The standard InChI is InChI=1S/C27H17NO4/c29-25-23-11-4-5-12-24(23)26(30)28(25)21-9-6-10-22(17-21)32-27(31)20-15-13-19(14-16-20)18-7-2-1-3-8-18/h1-17H. The molecule has 154 valence electrons. The van der Waals surface area contributed by atoms with Crippen LogP contribution in [-0.4, -0.2) is 17.8 Å². The van der Waals surface area contributed by atoms with Crippen LogP contribution in [0.4, 0.5) is 5.69 Å².